The summed E-state index contributed by atoms with van der Waals surface area (Å²) in [5.74, 6) is 0.572. The summed E-state index contributed by atoms with van der Waals surface area (Å²) in [4.78, 5) is 2.51. The van der Waals surface area contributed by atoms with E-state index in [4.69, 9.17) is 9.47 Å². The lowest BCUT2D eigenvalue weighted by Gasteiger charge is -2.26. The van der Waals surface area contributed by atoms with Gasteiger partial charge in [-0.3, -0.25) is 4.90 Å². The van der Waals surface area contributed by atoms with E-state index in [1.54, 1.807) is 6.07 Å². The zero-order valence-electron chi connectivity index (χ0n) is 10.5. The van der Waals surface area contributed by atoms with Gasteiger partial charge in [0.2, 0.25) is 0 Å². The lowest BCUT2D eigenvalue weighted by Crippen LogP contribution is -2.38. The van der Waals surface area contributed by atoms with Crippen molar-refractivity contribution in [1.82, 2.24) is 4.90 Å². The van der Waals surface area contributed by atoms with E-state index >= 15 is 0 Å². The Morgan fingerprint density at radius 2 is 2.05 bits per heavy atom. The molecule has 3 nitrogen and oxygen atoms in total. The Labute approximate surface area is 116 Å². The van der Waals surface area contributed by atoms with E-state index in [-0.39, 0.29) is 10.5 Å². The molecule has 1 aliphatic heterocycles. The predicted molar refractivity (Wildman–Crippen MR) is 71.4 cm³/mol. The van der Waals surface area contributed by atoms with Crippen LogP contribution in [0, 0.1) is 0 Å². The fourth-order valence-corrected chi connectivity index (χ4v) is 2.21. The smallest absolute Gasteiger partial charge is 0.264 e. The molecule has 0 aromatic heterocycles. The third kappa shape index (κ3) is 4.33. The summed E-state index contributed by atoms with van der Waals surface area (Å²) in [6, 6.07) is 4.45. The molecule has 0 atom stereocenters. The number of thiol groups is 1. The minimum absolute atomic E-state index is 0.0659. The van der Waals surface area contributed by atoms with Crippen molar-refractivity contribution < 1.29 is 18.3 Å². The highest BCUT2D eigenvalue weighted by Gasteiger charge is 2.12. The van der Waals surface area contributed by atoms with Gasteiger partial charge in [-0.2, -0.15) is 0 Å². The Bertz CT molecular complexity index is 412. The summed E-state index contributed by atoms with van der Waals surface area (Å²) < 4.78 is 35.9. The van der Waals surface area contributed by atoms with Crippen LogP contribution in [0.5, 0.6) is 5.75 Å². The molecule has 0 radical (unpaired) electrons. The molecule has 0 bridgehead atoms. The van der Waals surface area contributed by atoms with Gasteiger partial charge < -0.3 is 9.47 Å². The van der Waals surface area contributed by atoms with Gasteiger partial charge in [-0.25, -0.2) is 8.78 Å². The lowest BCUT2D eigenvalue weighted by molar-refractivity contribution is 0.0322. The Balaban J connectivity index is 1.81. The number of hydrogen-bond donors (Lipinski definition) is 1. The standard InChI is InChI=1S/C13H17F2NO2S/c14-13(15)11-2-1-10(9-12(11)19)18-8-5-16-3-6-17-7-4-16/h1-2,9,13,19H,3-8H2. The highest BCUT2D eigenvalue weighted by Crippen LogP contribution is 2.28. The highest BCUT2D eigenvalue weighted by molar-refractivity contribution is 7.80. The fraction of sp³-hybridized carbons (Fsp3) is 0.538. The number of rotatable bonds is 5. The van der Waals surface area contributed by atoms with Crippen molar-refractivity contribution in [3.05, 3.63) is 23.8 Å². The molecular formula is C13H17F2NO2S. The van der Waals surface area contributed by atoms with Crippen molar-refractivity contribution in [3.63, 3.8) is 0 Å². The van der Waals surface area contributed by atoms with Crippen LogP contribution in [0.3, 0.4) is 0 Å². The van der Waals surface area contributed by atoms with Crippen LogP contribution >= 0.6 is 12.6 Å². The SMILES string of the molecule is FC(F)c1ccc(OCCN2CCOCC2)cc1S. The lowest BCUT2D eigenvalue weighted by atomic mass is 10.2. The zero-order valence-corrected chi connectivity index (χ0v) is 11.4. The second-order valence-corrected chi connectivity index (χ2v) is 4.81. The number of alkyl halides is 2. The molecule has 0 aliphatic carbocycles. The number of halogens is 2. The molecular weight excluding hydrogens is 272 g/mol. The molecule has 1 fully saturated rings. The Morgan fingerprint density at radius 3 is 2.68 bits per heavy atom. The maximum absolute atomic E-state index is 12.5. The fourth-order valence-electron chi connectivity index (χ4n) is 1.92. The average Bonchev–Trinajstić information content (AvgIpc) is 2.39. The molecule has 0 N–H and O–H groups in total. The zero-order chi connectivity index (χ0) is 13.7. The van der Waals surface area contributed by atoms with Crippen molar-refractivity contribution >= 4 is 12.6 Å². The second kappa shape index (κ2) is 7.07. The number of benzene rings is 1. The van der Waals surface area contributed by atoms with Crippen molar-refractivity contribution in [3.8, 4) is 5.75 Å². The first-order valence-corrected chi connectivity index (χ1v) is 6.65. The predicted octanol–water partition coefficient (Wildman–Crippen LogP) is 2.62. The van der Waals surface area contributed by atoms with E-state index in [9.17, 15) is 8.78 Å². The minimum Gasteiger partial charge on any atom is -0.492 e. The molecule has 0 unspecified atom stereocenters. The molecule has 1 saturated heterocycles. The van der Waals surface area contributed by atoms with Gasteiger partial charge >= 0.3 is 0 Å². The van der Waals surface area contributed by atoms with E-state index in [0.717, 1.165) is 32.8 Å². The number of hydrogen-bond acceptors (Lipinski definition) is 4. The molecule has 1 heterocycles. The molecule has 1 aromatic carbocycles. The molecule has 6 heteroatoms. The molecule has 0 amide bonds. The Morgan fingerprint density at radius 1 is 1.32 bits per heavy atom. The molecule has 1 aliphatic rings. The van der Waals surface area contributed by atoms with E-state index in [0.29, 0.717) is 12.4 Å². The summed E-state index contributed by atoms with van der Waals surface area (Å²) >= 11 is 4.04. The van der Waals surface area contributed by atoms with E-state index in [1.165, 1.54) is 12.1 Å². The molecule has 106 valence electrons. The maximum Gasteiger partial charge on any atom is 0.264 e. The first kappa shape index (κ1) is 14.6. The largest absolute Gasteiger partial charge is 0.492 e. The number of nitrogens with zero attached hydrogens (tertiary/aromatic N) is 1. The van der Waals surface area contributed by atoms with Crippen LogP contribution in [0.15, 0.2) is 23.1 Å². The Hall–Kier alpha value is -0.850. The molecule has 0 saturated carbocycles. The van der Waals surface area contributed by atoms with Crippen molar-refractivity contribution in [2.45, 2.75) is 11.3 Å². The van der Waals surface area contributed by atoms with Crippen molar-refractivity contribution in [1.29, 1.82) is 0 Å². The topological polar surface area (TPSA) is 21.7 Å². The monoisotopic (exact) mass is 289 g/mol. The van der Waals surface area contributed by atoms with Crippen LogP contribution in [-0.2, 0) is 4.74 Å². The van der Waals surface area contributed by atoms with E-state index in [2.05, 4.69) is 17.5 Å². The summed E-state index contributed by atoms with van der Waals surface area (Å²) in [5.41, 5.74) is -0.0659. The minimum atomic E-state index is -2.50. The van der Waals surface area contributed by atoms with E-state index < -0.39 is 6.43 Å². The normalized spacial score (nSPS) is 16.8. The second-order valence-electron chi connectivity index (χ2n) is 4.32. The summed E-state index contributed by atoms with van der Waals surface area (Å²) in [7, 11) is 0. The van der Waals surface area contributed by atoms with Gasteiger partial charge in [-0.15, -0.1) is 12.6 Å². The average molecular weight is 289 g/mol. The molecule has 19 heavy (non-hydrogen) atoms. The van der Waals surface area contributed by atoms with Crippen molar-refractivity contribution in [2.24, 2.45) is 0 Å². The third-order valence-electron chi connectivity index (χ3n) is 3.02. The summed E-state index contributed by atoms with van der Waals surface area (Å²) in [6.45, 7) is 4.66. The molecule has 2 rings (SSSR count). The van der Waals surface area contributed by atoms with Gasteiger partial charge in [0.1, 0.15) is 12.4 Å². The molecule has 1 aromatic rings. The van der Waals surface area contributed by atoms with Gasteiger partial charge in [-0.1, -0.05) is 0 Å². The van der Waals surface area contributed by atoms with Gasteiger partial charge in [0.25, 0.3) is 6.43 Å². The van der Waals surface area contributed by atoms with Gasteiger partial charge in [0, 0.05) is 30.1 Å². The van der Waals surface area contributed by atoms with Gasteiger partial charge in [0.05, 0.1) is 13.2 Å². The Kier molecular flexibility index (Phi) is 5.42. The summed E-state index contributed by atoms with van der Waals surface area (Å²) in [6.07, 6.45) is -2.50. The molecule has 0 spiro atoms. The first-order valence-electron chi connectivity index (χ1n) is 6.21. The highest BCUT2D eigenvalue weighted by atomic mass is 32.1. The van der Waals surface area contributed by atoms with Crippen LogP contribution in [0.25, 0.3) is 0 Å². The van der Waals surface area contributed by atoms with Crippen molar-refractivity contribution in [2.75, 3.05) is 39.5 Å². The van der Waals surface area contributed by atoms with Crippen LogP contribution in [0.4, 0.5) is 8.78 Å². The van der Waals surface area contributed by atoms with Crippen LogP contribution in [0.2, 0.25) is 0 Å². The maximum atomic E-state index is 12.5. The quantitative estimate of drug-likeness (QED) is 0.842. The third-order valence-corrected chi connectivity index (χ3v) is 3.40. The van der Waals surface area contributed by atoms with E-state index in [1.807, 2.05) is 0 Å². The summed E-state index contributed by atoms with van der Waals surface area (Å²) in [5, 5.41) is 0. The van der Waals surface area contributed by atoms with Gasteiger partial charge in [0.15, 0.2) is 0 Å². The number of morpholine rings is 1. The van der Waals surface area contributed by atoms with Crippen LogP contribution in [-0.4, -0.2) is 44.4 Å². The van der Waals surface area contributed by atoms with Gasteiger partial charge in [-0.05, 0) is 18.2 Å². The van der Waals surface area contributed by atoms with Crippen LogP contribution < -0.4 is 4.74 Å². The van der Waals surface area contributed by atoms with Crippen LogP contribution in [0.1, 0.15) is 12.0 Å². The number of ether oxygens (including phenoxy) is 2. The first-order chi connectivity index (χ1) is 9.16.